The number of aromatic nitrogens is 2. The predicted octanol–water partition coefficient (Wildman–Crippen LogP) is 1.56. The van der Waals surface area contributed by atoms with Gasteiger partial charge < -0.3 is 9.84 Å². The Morgan fingerprint density at radius 1 is 1.43 bits per heavy atom. The van der Waals surface area contributed by atoms with Crippen LogP contribution in [-0.2, 0) is 4.74 Å². The monoisotopic (exact) mass is 310 g/mol. The lowest BCUT2D eigenvalue weighted by atomic mass is 9.85. The summed E-state index contributed by atoms with van der Waals surface area (Å²) in [6, 6.07) is 2.47. The first-order valence-corrected chi connectivity index (χ1v) is 8.30. The van der Waals surface area contributed by atoms with Crippen LogP contribution in [-0.4, -0.2) is 44.6 Å². The van der Waals surface area contributed by atoms with Crippen molar-refractivity contribution >= 4 is 17.7 Å². The van der Waals surface area contributed by atoms with Gasteiger partial charge in [-0.1, -0.05) is 0 Å². The summed E-state index contributed by atoms with van der Waals surface area (Å²) in [6.45, 7) is 0.598. The van der Waals surface area contributed by atoms with Crippen molar-refractivity contribution in [3.63, 3.8) is 0 Å². The number of rotatable bonds is 2. The Balaban J connectivity index is 1.87. The number of thioether (sulfide) groups is 1. The van der Waals surface area contributed by atoms with Crippen LogP contribution in [0.15, 0.2) is 16.9 Å². The Bertz CT molecular complexity index is 589. The minimum absolute atomic E-state index is 0.0753. The van der Waals surface area contributed by atoms with Crippen LogP contribution >= 0.6 is 11.8 Å². The van der Waals surface area contributed by atoms with Crippen LogP contribution in [0.4, 0.5) is 0 Å². The highest BCUT2D eigenvalue weighted by molar-refractivity contribution is 7.99. The molecule has 0 radical (unpaired) electrons. The topological polar surface area (TPSA) is 81.4 Å². The van der Waals surface area contributed by atoms with Crippen molar-refractivity contribution in [1.82, 2.24) is 9.78 Å². The molecule has 0 bridgehead atoms. The first kappa shape index (κ1) is 14.6. The summed E-state index contributed by atoms with van der Waals surface area (Å²) in [5, 5.41) is 13.1. The van der Waals surface area contributed by atoms with Crippen LogP contribution in [0.1, 0.15) is 42.2 Å². The third kappa shape index (κ3) is 2.98. The van der Waals surface area contributed by atoms with Crippen LogP contribution in [0.2, 0.25) is 0 Å². The number of ether oxygens (including phenoxy) is 1. The third-order valence-corrected chi connectivity index (χ3v) is 5.25. The largest absolute Gasteiger partial charge is 0.476 e. The zero-order valence-electron chi connectivity index (χ0n) is 11.7. The number of nitrogens with zero attached hydrogens (tertiary/aromatic N) is 2. The summed E-state index contributed by atoms with van der Waals surface area (Å²) in [5.41, 5.74) is -0.490. The molecule has 3 heterocycles. The predicted molar refractivity (Wildman–Crippen MR) is 79.0 cm³/mol. The number of aromatic carboxylic acids is 1. The summed E-state index contributed by atoms with van der Waals surface area (Å²) in [6.07, 6.45) is 3.41. The van der Waals surface area contributed by atoms with Gasteiger partial charge in [0.1, 0.15) is 0 Å². The minimum Gasteiger partial charge on any atom is -0.476 e. The molecule has 2 saturated heterocycles. The third-order valence-electron chi connectivity index (χ3n) is 4.26. The number of hydrogen-bond donors (Lipinski definition) is 1. The molecule has 2 aliphatic heterocycles. The molecule has 21 heavy (non-hydrogen) atoms. The van der Waals surface area contributed by atoms with E-state index in [1.807, 2.05) is 11.8 Å². The Morgan fingerprint density at radius 3 is 2.90 bits per heavy atom. The zero-order chi connectivity index (χ0) is 14.9. The molecule has 114 valence electrons. The van der Waals surface area contributed by atoms with E-state index in [9.17, 15) is 9.59 Å². The molecule has 0 aromatic carbocycles. The SMILES string of the molecule is O=C(O)c1ccc(=O)n(C2CCOC3(CCSCC3)C2)n1. The molecule has 2 aliphatic rings. The van der Waals surface area contributed by atoms with Crippen molar-refractivity contribution in [2.75, 3.05) is 18.1 Å². The van der Waals surface area contributed by atoms with Crippen molar-refractivity contribution < 1.29 is 14.6 Å². The Labute approximate surface area is 126 Å². The van der Waals surface area contributed by atoms with Crippen LogP contribution in [0.3, 0.4) is 0 Å². The molecule has 0 amide bonds. The first-order valence-electron chi connectivity index (χ1n) is 7.15. The fourth-order valence-corrected chi connectivity index (χ4v) is 4.34. The van der Waals surface area contributed by atoms with Gasteiger partial charge in [-0.15, -0.1) is 0 Å². The summed E-state index contributed by atoms with van der Waals surface area (Å²) >= 11 is 1.93. The van der Waals surface area contributed by atoms with Gasteiger partial charge in [-0.3, -0.25) is 4.79 Å². The molecule has 6 nitrogen and oxygen atoms in total. The average Bonchev–Trinajstić information content (AvgIpc) is 2.48. The molecule has 1 spiro atoms. The summed E-state index contributed by atoms with van der Waals surface area (Å²) in [4.78, 5) is 23.1. The van der Waals surface area contributed by atoms with E-state index in [1.54, 1.807) is 0 Å². The quantitative estimate of drug-likeness (QED) is 0.893. The van der Waals surface area contributed by atoms with Gasteiger partial charge in [-0.05, 0) is 43.3 Å². The van der Waals surface area contributed by atoms with Crippen molar-refractivity contribution in [1.29, 1.82) is 0 Å². The van der Waals surface area contributed by atoms with Gasteiger partial charge in [-0.2, -0.15) is 16.9 Å². The van der Waals surface area contributed by atoms with Gasteiger partial charge in [0.15, 0.2) is 5.69 Å². The van der Waals surface area contributed by atoms with Crippen LogP contribution < -0.4 is 5.56 Å². The van der Waals surface area contributed by atoms with Gasteiger partial charge in [-0.25, -0.2) is 9.48 Å². The number of carboxylic acid groups (broad SMARTS) is 1. The molecule has 1 N–H and O–H groups in total. The summed E-state index contributed by atoms with van der Waals surface area (Å²) in [5.74, 6) is 1.04. The van der Waals surface area contributed by atoms with E-state index in [-0.39, 0.29) is 22.9 Å². The maximum Gasteiger partial charge on any atom is 0.356 e. The second kappa shape index (κ2) is 5.81. The van der Waals surface area contributed by atoms with Crippen LogP contribution in [0.25, 0.3) is 0 Å². The van der Waals surface area contributed by atoms with E-state index < -0.39 is 5.97 Å². The van der Waals surface area contributed by atoms with Crippen molar-refractivity contribution in [3.05, 3.63) is 28.2 Å². The fraction of sp³-hybridized carbons (Fsp3) is 0.643. The van der Waals surface area contributed by atoms with E-state index in [2.05, 4.69) is 5.10 Å². The molecule has 0 aliphatic carbocycles. The Hall–Kier alpha value is -1.34. The van der Waals surface area contributed by atoms with Crippen molar-refractivity contribution in [2.24, 2.45) is 0 Å². The molecular formula is C14H18N2O4S. The molecule has 0 saturated carbocycles. The molecular weight excluding hydrogens is 292 g/mol. The zero-order valence-corrected chi connectivity index (χ0v) is 12.5. The van der Waals surface area contributed by atoms with E-state index >= 15 is 0 Å². The molecule has 3 rings (SSSR count). The van der Waals surface area contributed by atoms with Crippen molar-refractivity contribution in [2.45, 2.75) is 37.3 Å². The van der Waals surface area contributed by atoms with Gasteiger partial charge in [0.05, 0.1) is 11.6 Å². The second-order valence-corrected chi connectivity index (χ2v) is 6.82. The fourth-order valence-electron chi connectivity index (χ4n) is 3.10. The minimum atomic E-state index is -1.11. The van der Waals surface area contributed by atoms with E-state index in [1.165, 1.54) is 16.8 Å². The van der Waals surface area contributed by atoms with Gasteiger partial charge in [0.2, 0.25) is 0 Å². The molecule has 2 fully saturated rings. The first-order chi connectivity index (χ1) is 10.1. The van der Waals surface area contributed by atoms with E-state index in [0.29, 0.717) is 13.0 Å². The lowest BCUT2D eigenvalue weighted by molar-refractivity contribution is -0.101. The normalized spacial score (nSPS) is 24.9. The Morgan fingerprint density at radius 2 is 2.19 bits per heavy atom. The standard InChI is InChI=1S/C14H18N2O4S/c17-12-2-1-11(13(18)19)15-16(12)10-3-6-20-14(9-10)4-7-21-8-5-14/h1-2,10H,3-9H2,(H,18,19). The van der Waals surface area contributed by atoms with Crippen LogP contribution in [0, 0.1) is 0 Å². The smallest absolute Gasteiger partial charge is 0.356 e. The molecule has 1 atom stereocenters. The van der Waals surface area contributed by atoms with Crippen LogP contribution in [0.5, 0.6) is 0 Å². The Kier molecular flexibility index (Phi) is 4.03. The summed E-state index contributed by atoms with van der Waals surface area (Å²) < 4.78 is 7.35. The maximum atomic E-state index is 12.0. The van der Waals surface area contributed by atoms with Gasteiger partial charge >= 0.3 is 5.97 Å². The average molecular weight is 310 g/mol. The number of hydrogen-bond acceptors (Lipinski definition) is 5. The number of carboxylic acids is 1. The molecule has 1 aromatic heterocycles. The molecule has 1 aromatic rings. The number of carbonyl (C=O) groups is 1. The second-order valence-electron chi connectivity index (χ2n) is 5.60. The highest BCUT2D eigenvalue weighted by atomic mass is 32.2. The lowest BCUT2D eigenvalue weighted by Gasteiger charge is -2.43. The van der Waals surface area contributed by atoms with E-state index in [0.717, 1.165) is 30.8 Å². The molecule has 7 heteroatoms. The maximum absolute atomic E-state index is 12.0. The highest BCUT2D eigenvalue weighted by Crippen LogP contribution is 2.40. The lowest BCUT2D eigenvalue weighted by Crippen LogP contribution is -2.45. The van der Waals surface area contributed by atoms with E-state index in [4.69, 9.17) is 9.84 Å². The van der Waals surface area contributed by atoms with Gasteiger partial charge in [0.25, 0.3) is 5.56 Å². The molecule has 1 unspecified atom stereocenters. The summed E-state index contributed by atoms with van der Waals surface area (Å²) in [7, 11) is 0. The van der Waals surface area contributed by atoms with Gasteiger partial charge in [0, 0.05) is 12.7 Å². The highest BCUT2D eigenvalue weighted by Gasteiger charge is 2.39. The van der Waals surface area contributed by atoms with Crippen molar-refractivity contribution in [3.8, 4) is 0 Å².